The van der Waals surface area contributed by atoms with E-state index in [1.165, 1.54) is 25.7 Å². The minimum absolute atomic E-state index is 0.0569. The summed E-state index contributed by atoms with van der Waals surface area (Å²) >= 11 is 0. The molecule has 0 aliphatic carbocycles. The number of amides is 1. The van der Waals surface area contributed by atoms with Crippen molar-refractivity contribution in [1.29, 1.82) is 0 Å². The Kier molecular flexibility index (Phi) is 3.33. The molecule has 0 aromatic heterocycles. The number of hydrogen-bond donors (Lipinski definition) is 2. The quantitative estimate of drug-likeness (QED) is 0.853. The van der Waals surface area contributed by atoms with Gasteiger partial charge >= 0.3 is 0 Å². The van der Waals surface area contributed by atoms with E-state index in [1.807, 2.05) is 30.3 Å². The van der Waals surface area contributed by atoms with Crippen LogP contribution >= 0.6 is 0 Å². The first-order valence-corrected chi connectivity index (χ1v) is 6.90. The van der Waals surface area contributed by atoms with Gasteiger partial charge < -0.3 is 10.6 Å². The first-order valence-electron chi connectivity index (χ1n) is 6.90. The Morgan fingerprint density at radius 3 is 2.50 bits per heavy atom. The van der Waals surface area contributed by atoms with Crippen molar-refractivity contribution in [2.45, 2.75) is 37.8 Å². The molecule has 1 amide bonds. The van der Waals surface area contributed by atoms with Gasteiger partial charge in [-0.25, -0.2) is 0 Å². The molecule has 2 fully saturated rings. The molecule has 2 saturated heterocycles. The van der Waals surface area contributed by atoms with Crippen LogP contribution in [0.25, 0.3) is 0 Å². The fourth-order valence-electron chi connectivity index (χ4n) is 3.27. The van der Waals surface area contributed by atoms with E-state index >= 15 is 0 Å². The van der Waals surface area contributed by atoms with Crippen LogP contribution in [0.5, 0.6) is 0 Å². The summed E-state index contributed by atoms with van der Waals surface area (Å²) in [5, 5.41) is 6.70. The zero-order chi connectivity index (χ0) is 12.4. The minimum Gasteiger partial charge on any atom is -0.352 e. The van der Waals surface area contributed by atoms with Gasteiger partial charge in [0.15, 0.2) is 0 Å². The predicted molar refractivity (Wildman–Crippen MR) is 71.4 cm³/mol. The number of nitrogens with one attached hydrogen (secondary N) is 2. The van der Waals surface area contributed by atoms with E-state index in [4.69, 9.17) is 0 Å². The predicted octanol–water partition coefficient (Wildman–Crippen LogP) is 1.95. The third-order valence-electron chi connectivity index (χ3n) is 4.16. The Hall–Kier alpha value is -1.35. The van der Waals surface area contributed by atoms with Crippen LogP contribution in [-0.4, -0.2) is 24.5 Å². The topological polar surface area (TPSA) is 41.1 Å². The summed E-state index contributed by atoms with van der Waals surface area (Å²) in [4.78, 5) is 11.9. The van der Waals surface area contributed by atoms with Crippen LogP contribution in [0, 0.1) is 5.92 Å². The van der Waals surface area contributed by atoms with Crippen LogP contribution in [0.4, 0.5) is 0 Å². The van der Waals surface area contributed by atoms with Gasteiger partial charge in [-0.3, -0.25) is 4.79 Å². The van der Waals surface area contributed by atoms with E-state index in [-0.39, 0.29) is 5.91 Å². The van der Waals surface area contributed by atoms with Gasteiger partial charge in [0.25, 0.3) is 5.91 Å². The summed E-state index contributed by atoms with van der Waals surface area (Å²) in [5.74, 6) is 0.706. The van der Waals surface area contributed by atoms with Crippen molar-refractivity contribution >= 4 is 5.91 Å². The molecule has 18 heavy (non-hydrogen) atoms. The third-order valence-corrected chi connectivity index (χ3v) is 4.16. The van der Waals surface area contributed by atoms with Gasteiger partial charge in [0, 0.05) is 24.2 Å². The number of rotatable bonds is 3. The highest BCUT2D eigenvalue weighted by molar-refractivity contribution is 5.94. The summed E-state index contributed by atoms with van der Waals surface area (Å²) in [6, 6.07) is 10.9. The van der Waals surface area contributed by atoms with E-state index in [9.17, 15) is 4.79 Å². The maximum Gasteiger partial charge on any atom is 0.251 e. The van der Waals surface area contributed by atoms with Crippen LogP contribution in [0.2, 0.25) is 0 Å². The molecule has 2 aliphatic rings. The molecule has 96 valence electrons. The van der Waals surface area contributed by atoms with Crippen molar-refractivity contribution in [3.05, 3.63) is 35.9 Å². The summed E-state index contributed by atoms with van der Waals surface area (Å²) < 4.78 is 0. The molecule has 2 atom stereocenters. The van der Waals surface area contributed by atoms with Crippen LogP contribution in [-0.2, 0) is 0 Å². The molecule has 2 heterocycles. The van der Waals surface area contributed by atoms with Gasteiger partial charge in [-0.15, -0.1) is 0 Å². The van der Waals surface area contributed by atoms with E-state index in [2.05, 4.69) is 10.6 Å². The molecule has 0 spiro atoms. The summed E-state index contributed by atoms with van der Waals surface area (Å²) in [6.07, 6.45) is 5.05. The molecular weight excluding hydrogens is 224 g/mol. The first kappa shape index (κ1) is 11.7. The normalized spacial score (nSPS) is 30.1. The van der Waals surface area contributed by atoms with Crippen LogP contribution in [0.3, 0.4) is 0 Å². The highest BCUT2D eigenvalue weighted by Gasteiger charge is 2.33. The fraction of sp³-hybridized carbons (Fsp3) is 0.533. The molecule has 2 N–H and O–H groups in total. The second-order valence-electron chi connectivity index (χ2n) is 5.55. The monoisotopic (exact) mass is 244 g/mol. The Morgan fingerprint density at radius 2 is 1.83 bits per heavy atom. The average Bonchev–Trinajstić information content (AvgIpc) is 2.76. The third kappa shape index (κ3) is 2.56. The van der Waals surface area contributed by atoms with Crippen molar-refractivity contribution in [1.82, 2.24) is 10.6 Å². The second kappa shape index (κ2) is 5.11. The van der Waals surface area contributed by atoms with Crippen LogP contribution in [0.15, 0.2) is 30.3 Å². The Morgan fingerprint density at radius 1 is 1.17 bits per heavy atom. The summed E-state index contributed by atoms with van der Waals surface area (Å²) in [6.45, 7) is 0.822. The smallest absolute Gasteiger partial charge is 0.251 e. The molecule has 1 aromatic rings. The van der Waals surface area contributed by atoms with Gasteiger partial charge in [0.1, 0.15) is 0 Å². The Balaban J connectivity index is 1.51. The van der Waals surface area contributed by atoms with Crippen molar-refractivity contribution in [2.75, 3.05) is 6.54 Å². The number of fused-ring (bicyclic) bond motifs is 2. The van der Waals surface area contributed by atoms with Crippen LogP contribution < -0.4 is 10.6 Å². The number of benzene rings is 1. The van der Waals surface area contributed by atoms with E-state index in [0.29, 0.717) is 18.0 Å². The Labute approximate surface area is 108 Å². The molecular formula is C15H20N2O. The molecule has 1 aromatic carbocycles. The van der Waals surface area contributed by atoms with Crippen molar-refractivity contribution < 1.29 is 4.79 Å². The maximum absolute atomic E-state index is 11.9. The molecule has 0 saturated carbocycles. The lowest BCUT2D eigenvalue weighted by Gasteiger charge is -2.29. The lowest BCUT2D eigenvalue weighted by Crippen LogP contribution is -2.42. The highest BCUT2D eigenvalue weighted by Crippen LogP contribution is 2.30. The van der Waals surface area contributed by atoms with E-state index in [1.54, 1.807) is 0 Å². The van der Waals surface area contributed by atoms with Crippen molar-refractivity contribution in [2.24, 2.45) is 5.92 Å². The molecule has 2 unspecified atom stereocenters. The van der Waals surface area contributed by atoms with Gasteiger partial charge in [-0.05, 0) is 43.7 Å². The lowest BCUT2D eigenvalue weighted by molar-refractivity contribution is 0.0941. The number of carbonyl (C=O) groups is 1. The first-order chi connectivity index (χ1) is 8.81. The standard InChI is InChI=1S/C15H20N2O/c18-15(12-4-2-1-3-5-12)16-10-11-8-13-6-7-14(9-11)17-13/h1-5,11,13-14,17H,6-10H2,(H,16,18). The molecule has 3 nitrogen and oxygen atoms in total. The van der Waals surface area contributed by atoms with E-state index in [0.717, 1.165) is 12.1 Å². The van der Waals surface area contributed by atoms with Gasteiger partial charge in [-0.1, -0.05) is 18.2 Å². The largest absolute Gasteiger partial charge is 0.352 e. The highest BCUT2D eigenvalue weighted by atomic mass is 16.1. The van der Waals surface area contributed by atoms with Gasteiger partial charge in [0.2, 0.25) is 0 Å². The van der Waals surface area contributed by atoms with E-state index < -0.39 is 0 Å². The second-order valence-corrected chi connectivity index (χ2v) is 5.55. The summed E-state index contributed by atoms with van der Waals surface area (Å²) in [5.41, 5.74) is 0.759. The molecule has 2 bridgehead atoms. The Bertz CT molecular complexity index is 406. The van der Waals surface area contributed by atoms with Gasteiger partial charge in [0.05, 0.1) is 0 Å². The number of carbonyl (C=O) groups excluding carboxylic acids is 1. The lowest BCUT2D eigenvalue weighted by atomic mass is 9.92. The zero-order valence-corrected chi connectivity index (χ0v) is 10.6. The fourth-order valence-corrected chi connectivity index (χ4v) is 3.27. The number of piperidine rings is 1. The van der Waals surface area contributed by atoms with Gasteiger partial charge in [-0.2, -0.15) is 0 Å². The molecule has 3 rings (SSSR count). The average molecular weight is 244 g/mol. The van der Waals surface area contributed by atoms with Crippen molar-refractivity contribution in [3.8, 4) is 0 Å². The molecule has 0 radical (unpaired) electrons. The van der Waals surface area contributed by atoms with Crippen molar-refractivity contribution in [3.63, 3.8) is 0 Å². The summed E-state index contributed by atoms with van der Waals surface area (Å²) in [7, 11) is 0. The molecule has 2 aliphatic heterocycles. The minimum atomic E-state index is 0.0569. The maximum atomic E-state index is 11.9. The zero-order valence-electron chi connectivity index (χ0n) is 10.6. The number of hydrogen-bond acceptors (Lipinski definition) is 2. The van der Waals surface area contributed by atoms with Crippen LogP contribution in [0.1, 0.15) is 36.0 Å². The SMILES string of the molecule is O=C(NCC1CC2CCC(C1)N2)c1ccccc1. The molecule has 3 heteroatoms.